The Morgan fingerprint density at radius 3 is 2.92 bits per heavy atom. The molecule has 0 saturated carbocycles. The van der Waals surface area contributed by atoms with E-state index in [0.29, 0.717) is 12.3 Å². The van der Waals surface area contributed by atoms with E-state index in [1.807, 2.05) is 25.2 Å². The highest BCUT2D eigenvalue weighted by molar-refractivity contribution is 7.12. The van der Waals surface area contributed by atoms with Crippen molar-refractivity contribution in [2.75, 3.05) is 7.05 Å². The van der Waals surface area contributed by atoms with E-state index < -0.39 is 0 Å². The third-order valence-electron chi connectivity index (χ3n) is 4.57. The Morgan fingerprint density at radius 1 is 1.28 bits per heavy atom. The molecule has 3 heterocycles. The average Bonchev–Trinajstić information content (AvgIpc) is 3.29. The molecule has 0 bridgehead atoms. The number of rotatable bonds is 4. The van der Waals surface area contributed by atoms with Crippen LogP contribution < -0.4 is 0 Å². The Bertz CT molecular complexity index is 885. The molecule has 0 unspecified atom stereocenters. The van der Waals surface area contributed by atoms with Gasteiger partial charge in [-0.1, -0.05) is 5.16 Å². The summed E-state index contributed by atoms with van der Waals surface area (Å²) in [6.07, 6.45) is 7.95. The maximum Gasteiger partial charge on any atom is 0.264 e. The lowest BCUT2D eigenvalue weighted by molar-refractivity contribution is 0.0776. The van der Waals surface area contributed by atoms with Crippen molar-refractivity contribution in [2.45, 2.75) is 32.2 Å². The van der Waals surface area contributed by atoms with Gasteiger partial charge in [-0.15, -0.1) is 11.3 Å². The molecule has 0 aromatic carbocycles. The first-order chi connectivity index (χ1) is 12.2. The molecule has 1 aliphatic rings. The zero-order valence-corrected chi connectivity index (χ0v) is 14.9. The summed E-state index contributed by atoms with van der Waals surface area (Å²) in [7, 11) is 1.81. The van der Waals surface area contributed by atoms with Crippen LogP contribution in [0, 0.1) is 0 Å². The van der Waals surface area contributed by atoms with E-state index in [-0.39, 0.29) is 5.91 Å². The van der Waals surface area contributed by atoms with Crippen molar-refractivity contribution in [2.24, 2.45) is 0 Å². The quantitative estimate of drug-likeness (QED) is 0.712. The number of thiophene rings is 1. The zero-order valence-electron chi connectivity index (χ0n) is 14.1. The first-order valence-corrected chi connectivity index (χ1v) is 9.31. The molecular formula is C19H19N3O2S. The molecule has 0 atom stereocenters. The third-order valence-corrected chi connectivity index (χ3v) is 5.63. The van der Waals surface area contributed by atoms with Gasteiger partial charge in [-0.25, -0.2) is 0 Å². The molecule has 0 fully saturated rings. The van der Waals surface area contributed by atoms with E-state index in [9.17, 15) is 4.79 Å². The Balaban J connectivity index is 1.49. The van der Waals surface area contributed by atoms with E-state index in [0.717, 1.165) is 29.0 Å². The number of pyridine rings is 1. The number of nitrogens with zero attached hydrogens (tertiary/aromatic N) is 3. The summed E-state index contributed by atoms with van der Waals surface area (Å²) in [5.74, 6) is 0.739. The molecule has 0 radical (unpaired) electrons. The monoisotopic (exact) mass is 353 g/mol. The summed E-state index contributed by atoms with van der Waals surface area (Å²) >= 11 is 1.57. The van der Waals surface area contributed by atoms with Crippen molar-refractivity contribution < 1.29 is 9.32 Å². The smallest absolute Gasteiger partial charge is 0.264 e. The number of hydrogen-bond donors (Lipinski definition) is 0. The molecule has 1 amide bonds. The van der Waals surface area contributed by atoms with Gasteiger partial charge in [0, 0.05) is 31.1 Å². The Hall–Kier alpha value is -2.47. The third kappa shape index (κ3) is 3.22. The van der Waals surface area contributed by atoms with Gasteiger partial charge in [0.1, 0.15) is 5.69 Å². The largest absolute Gasteiger partial charge is 0.359 e. The van der Waals surface area contributed by atoms with Gasteiger partial charge in [-0.2, -0.15) is 0 Å². The summed E-state index contributed by atoms with van der Waals surface area (Å²) in [6.45, 7) is 0.406. The summed E-state index contributed by atoms with van der Waals surface area (Å²) in [5.41, 5.74) is 4.31. The maximum atomic E-state index is 12.8. The van der Waals surface area contributed by atoms with Crippen molar-refractivity contribution in [1.82, 2.24) is 15.0 Å². The van der Waals surface area contributed by atoms with Crippen LogP contribution in [0.5, 0.6) is 0 Å². The minimum atomic E-state index is 0.0648. The van der Waals surface area contributed by atoms with Gasteiger partial charge >= 0.3 is 0 Å². The van der Waals surface area contributed by atoms with Gasteiger partial charge in [0.2, 0.25) is 0 Å². The standard InChI is InChI=1S/C19H19N3O2S/c1-22(19(23)18-16-5-3-2-4-14(16)12-25-18)11-15-10-17(21-24-15)13-6-8-20-9-7-13/h6-10,12H,2-5,11H2,1H3. The van der Waals surface area contributed by atoms with E-state index in [1.165, 1.54) is 24.0 Å². The normalized spacial score (nSPS) is 13.5. The van der Waals surface area contributed by atoms with Gasteiger partial charge < -0.3 is 9.42 Å². The predicted molar refractivity (Wildman–Crippen MR) is 96.5 cm³/mol. The van der Waals surface area contributed by atoms with Gasteiger partial charge in [0.25, 0.3) is 5.91 Å². The second-order valence-electron chi connectivity index (χ2n) is 6.35. The molecule has 5 nitrogen and oxygen atoms in total. The minimum absolute atomic E-state index is 0.0648. The molecule has 0 spiro atoms. The first-order valence-electron chi connectivity index (χ1n) is 8.43. The zero-order chi connectivity index (χ0) is 17.2. The topological polar surface area (TPSA) is 59.2 Å². The number of carbonyl (C=O) groups is 1. The van der Waals surface area contributed by atoms with Crippen LogP contribution in [0.1, 0.15) is 39.4 Å². The lowest BCUT2D eigenvalue weighted by Gasteiger charge is -2.17. The van der Waals surface area contributed by atoms with Crippen LogP contribution >= 0.6 is 11.3 Å². The minimum Gasteiger partial charge on any atom is -0.359 e. The fourth-order valence-corrected chi connectivity index (χ4v) is 4.38. The summed E-state index contributed by atoms with van der Waals surface area (Å²) < 4.78 is 5.41. The fraction of sp³-hybridized carbons (Fsp3) is 0.316. The van der Waals surface area contributed by atoms with Crippen LogP contribution in [-0.2, 0) is 19.4 Å². The predicted octanol–water partition coefficient (Wildman–Crippen LogP) is 3.95. The lowest BCUT2D eigenvalue weighted by Crippen LogP contribution is -2.26. The number of hydrogen-bond acceptors (Lipinski definition) is 5. The number of aromatic nitrogens is 2. The molecule has 3 aromatic heterocycles. The van der Waals surface area contributed by atoms with Crippen LogP contribution in [0.2, 0.25) is 0 Å². The Labute approximate surface area is 150 Å². The number of aryl methyl sites for hydroxylation is 1. The van der Waals surface area contributed by atoms with Crippen LogP contribution in [-0.4, -0.2) is 28.0 Å². The highest BCUT2D eigenvalue weighted by Gasteiger charge is 2.23. The molecule has 0 saturated heterocycles. The molecule has 25 heavy (non-hydrogen) atoms. The van der Waals surface area contributed by atoms with Gasteiger partial charge in [-0.05, 0) is 54.3 Å². The SMILES string of the molecule is CN(Cc1cc(-c2ccncc2)no1)C(=O)c1scc2c1CCCC2. The summed E-state index contributed by atoms with van der Waals surface area (Å²) in [5, 5.41) is 6.24. The number of carbonyl (C=O) groups excluding carboxylic acids is 1. The molecule has 128 valence electrons. The van der Waals surface area contributed by atoms with Crippen LogP contribution in [0.15, 0.2) is 40.5 Å². The summed E-state index contributed by atoms with van der Waals surface area (Å²) in [6, 6.07) is 5.64. The fourth-order valence-electron chi connectivity index (χ4n) is 3.22. The molecular weight excluding hydrogens is 334 g/mol. The number of amides is 1. The van der Waals surface area contributed by atoms with E-state index in [1.54, 1.807) is 28.6 Å². The highest BCUT2D eigenvalue weighted by atomic mass is 32.1. The van der Waals surface area contributed by atoms with Crippen molar-refractivity contribution in [3.05, 3.63) is 57.7 Å². The highest BCUT2D eigenvalue weighted by Crippen LogP contribution is 2.31. The Morgan fingerprint density at radius 2 is 2.08 bits per heavy atom. The van der Waals surface area contributed by atoms with Crippen molar-refractivity contribution >= 4 is 17.2 Å². The number of fused-ring (bicyclic) bond motifs is 1. The molecule has 6 heteroatoms. The van der Waals surface area contributed by atoms with Crippen molar-refractivity contribution in [1.29, 1.82) is 0 Å². The van der Waals surface area contributed by atoms with Crippen LogP contribution in [0.4, 0.5) is 0 Å². The lowest BCUT2D eigenvalue weighted by atomic mass is 9.94. The second-order valence-corrected chi connectivity index (χ2v) is 7.23. The average molecular weight is 353 g/mol. The second kappa shape index (κ2) is 6.80. The molecule has 0 N–H and O–H groups in total. The Kier molecular flexibility index (Phi) is 4.36. The van der Waals surface area contributed by atoms with Gasteiger partial charge in [0.15, 0.2) is 5.76 Å². The van der Waals surface area contributed by atoms with E-state index in [4.69, 9.17) is 4.52 Å². The molecule has 3 aromatic rings. The first kappa shape index (κ1) is 16.0. The maximum absolute atomic E-state index is 12.8. The van der Waals surface area contributed by atoms with Crippen molar-refractivity contribution in [3.8, 4) is 11.3 Å². The van der Waals surface area contributed by atoms with Gasteiger partial charge in [-0.3, -0.25) is 9.78 Å². The molecule has 1 aliphatic carbocycles. The van der Waals surface area contributed by atoms with E-state index in [2.05, 4.69) is 15.5 Å². The van der Waals surface area contributed by atoms with Crippen LogP contribution in [0.25, 0.3) is 11.3 Å². The van der Waals surface area contributed by atoms with Crippen LogP contribution in [0.3, 0.4) is 0 Å². The summed E-state index contributed by atoms with van der Waals surface area (Å²) in [4.78, 5) is 19.4. The molecule has 0 aliphatic heterocycles. The van der Waals surface area contributed by atoms with E-state index >= 15 is 0 Å². The molecule has 4 rings (SSSR count). The van der Waals surface area contributed by atoms with Crippen molar-refractivity contribution in [3.63, 3.8) is 0 Å². The van der Waals surface area contributed by atoms with Gasteiger partial charge in [0.05, 0.1) is 11.4 Å².